The SMILES string of the molecule is CC(C)(C=C1CCC(O[Si](C)(C)C(C)(C)C)CC1)S(N)=O. The molecule has 0 spiro atoms. The maximum Gasteiger partial charge on any atom is 0.192 e. The molecule has 1 unspecified atom stereocenters. The lowest BCUT2D eigenvalue weighted by Crippen LogP contribution is -2.44. The van der Waals surface area contributed by atoms with E-state index in [1.54, 1.807) is 0 Å². The Morgan fingerprint density at radius 1 is 1.19 bits per heavy atom. The minimum atomic E-state index is -1.67. The average molecular weight is 332 g/mol. The lowest BCUT2D eigenvalue weighted by atomic mass is 9.90. The molecule has 2 N–H and O–H groups in total. The van der Waals surface area contributed by atoms with Crippen LogP contribution < -0.4 is 5.14 Å². The average Bonchev–Trinajstić information content (AvgIpc) is 2.29. The van der Waals surface area contributed by atoms with Crippen molar-refractivity contribution in [2.24, 2.45) is 5.14 Å². The summed E-state index contributed by atoms with van der Waals surface area (Å²) in [5.74, 6) is 0. The van der Waals surface area contributed by atoms with Gasteiger partial charge in [0.05, 0.1) is 15.7 Å². The Morgan fingerprint density at radius 3 is 2.05 bits per heavy atom. The Bertz CT molecular complexity index is 414. The molecule has 0 aromatic heterocycles. The summed E-state index contributed by atoms with van der Waals surface area (Å²) in [5.41, 5.74) is 1.38. The first-order valence-corrected chi connectivity index (χ1v) is 12.0. The van der Waals surface area contributed by atoms with Crippen LogP contribution in [-0.4, -0.2) is 23.4 Å². The van der Waals surface area contributed by atoms with Crippen LogP contribution in [0.2, 0.25) is 18.1 Å². The summed E-state index contributed by atoms with van der Waals surface area (Å²) in [6.45, 7) is 15.4. The number of rotatable bonds is 4. The van der Waals surface area contributed by atoms with E-state index in [2.05, 4.69) is 39.9 Å². The quantitative estimate of drug-likeness (QED) is 0.617. The molecule has 0 heterocycles. The Kier molecular flexibility index (Phi) is 6.04. The molecule has 0 bridgehead atoms. The van der Waals surface area contributed by atoms with Crippen molar-refractivity contribution in [1.29, 1.82) is 0 Å². The van der Waals surface area contributed by atoms with E-state index in [4.69, 9.17) is 9.56 Å². The summed E-state index contributed by atoms with van der Waals surface area (Å²) in [6.07, 6.45) is 6.73. The minimum absolute atomic E-state index is 0.265. The zero-order chi connectivity index (χ0) is 16.5. The summed E-state index contributed by atoms with van der Waals surface area (Å²) in [4.78, 5) is 0. The fourth-order valence-electron chi connectivity index (χ4n) is 2.37. The van der Waals surface area contributed by atoms with E-state index in [1.165, 1.54) is 5.57 Å². The molecule has 21 heavy (non-hydrogen) atoms. The molecular formula is C16H33NO2SSi. The summed E-state index contributed by atoms with van der Waals surface area (Å²) < 4.78 is 17.6. The summed E-state index contributed by atoms with van der Waals surface area (Å²) in [6, 6.07) is 0. The monoisotopic (exact) mass is 331 g/mol. The molecule has 1 rings (SSSR count). The van der Waals surface area contributed by atoms with E-state index in [1.807, 2.05) is 13.8 Å². The Balaban J connectivity index is 2.61. The second-order valence-electron chi connectivity index (χ2n) is 8.28. The molecule has 1 atom stereocenters. The van der Waals surface area contributed by atoms with Crippen LogP contribution in [0.5, 0.6) is 0 Å². The smallest absolute Gasteiger partial charge is 0.192 e. The van der Waals surface area contributed by atoms with Crippen LogP contribution in [0.15, 0.2) is 11.6 Å². The van der Waals surface area contributed by atoms with Crippen molar-refractivity contribution in [3.05, 3.63) is 11.6 Å². The van der Waals surface area contributed by atoms with Gasteiger partial charge in [-0.1, -0.05) is 32.4 Å². The first-order chi connectivity index (χ1) is 9.35. The summed E-state index contributed by atoms with van der Waals surface area (Å²) in [7, 11) is -2.98. The van der Waals surface area contributed by atoms with Crippen LogP contribution in [-0.2, 0) is 15.4 Å². The van der Waals surface area contributed by atoms with E-state index in [0.717, 1.165) is 25.7 Å². The Hall–Kier alpha value is 0.0269. The second-order valence-corrected chi connectivity index (χ2v) is 14.7. The third kappa shape index (κ3) is 5.30. The molecule has 0 aromatic carbocycles. The largest absolute Gasteiger partial charge is 0.414 e. The number of allylic oxidation sites excluding steroid dienone is 1. The van der Waals surface area contributed by atoms with Gasteiger partial charge in [-0.05, 0) is 57.7 Å². The fraction of sp³-hybridized carbons (Fsp3) is 0.875. The molecule has 3 nitrogen and oxygen atoms in total. The van der Waals surface area contributed by atoms with Gasteiger partial charge in [0.15, 0.2) is 8.32 Å². The van der Waals surface area contributed by atoms with Gasteiger partial charge in [-0.2, -0.15) is 0 Å². The summed E-state index contributed by atoms with van der Waals surface area (Å²) >= 11 is 0. The third-order valence-electron chi connectivity index (χ3n) is 4.91. The maximum atomic E-state index is 11.5. The van der Waals surface area contributed by atoms with Gasteiger partial charge >= 0.3 is 0 Å². The second kappa shape index (κ2) is 6.65. The van der Waals surface area contributed by atoms with Crippen molar-refractivity contribution in [2.45, 2.75) is 89.3 Å². The first-order valence-electron chi connectivity index (χ1n) is 7.90. The van der Waals surface area contributed by atoms with E-state index < -0.39 is 24.1 Å². The molecule has 1 aliphatic rings. The zero-order valence-electron chi connectivity index (χ0n) is 14.8. The van der Waals surface area contributed by atoms with E-state index >= 15 is 0 Å². The third-order valence-corrected chi connectivity index (χ3v) is 10.6. The number of hydrogen-bond donors (Lipinski definition) is 1. The van der Waals surface area contributed by atoms with Crippen LogP contribution in [0.4, 0.5) is 0 Å². The van der Waals surface area contributed by atoms with Gasteiger partial charge in [0, 0.05) is 6.10 Å². The van der Waals surface area contributed by atoms with Gasteiger partial charge in [0.2, 0.25) is 0 Å². The van der Waals surface area contributed by atoms with Gasteiger partial charge < -0.3 is 4.43 Å². The Morgan fingerprint density at radius 2 is 1.67 bits per heavy atom. The van der Waals surface area contributed by atoms with Gasteiger partial charge in [0.1, 0.15) is 0 Å². The van der Waals surface area contributed by atoms with Crippen molar-refractivity contribution in [3.8, 4) is 0 Å². The molecule has 0 amide bonds. The van der Waals surface area contributed by atoms with E-state index in [0.29, 0.717) is 6.10 Å². The van der Waals surface area contributed by atoms with Crippen molar-refractivity contribution in [2.75, 3.05) is 0 Å². The summed E-state index contributed by atoms with van der Waals surface area (Å²) in [5, 5.41) is 5.82. The highest BCUT2D eigenvalue weighted by atomic mass is 32.2. The molecular weight excluding hydrogens is 298 g/mol. The molecule has 1 saturated carbocycles. The first kappa shape index (κ1) is 19.1. The molecule has 0 radical (unpaired) electrons. The molecule has 1 aliphatic carbocycles. The fourth-order valence-corrected chi connectivity index (χ4v) is 4.07. The number of hydrogen-bond acceptors (Lipinski definition) is 2. The minimum Gasteiger partial charge on any atom is -0.414 e. The Labute approximate surface area is 134 Å². The molecule has 5 heteroatoms. The lowest BCUT2D eigenvalue weighted by molar-refractivity contribution is 0.150. The van der Waals surface area contributed by atoms with Crippen molar-refractivity contribution >= 4 is 19.3 Å². The highest BCUT2D eigenvalue weighted by molar-refractivity contribution is 7.84. The van der Waals surface area contributed by atoms with Crippen molar-refractivity contribution in [3.63, 3.8) is 0 Å². The molecule has 0 aromatic rings. The molecule has 124 valence electrons. The van der Waals surface area contributed by atoms with Crippen LogP contribution in [0.3, 0.4) is 0 Å². The standard InChI is InChI=1S/C16H33NO2SSi/c1-15(2,3)21(6,7)19-14-10-8-13(9-11-14)12-16(4,5)20(17)18/h12,14H,8-11,17H2,1-7H3. The highest BCUT2D eigenvalue weighted by Gasteiger charge is 2.39. The predicted molar refractivity (Wildman–Crippen MR) is 95.0 cm³/mol. The van der Waals surface area contributed by atoms with Crippen LogP contribution in [0.1, 0.15) is 60.3 Å². The maximum absolute atomic E-state index is 11.5. The highest BCUT2D eigenvalue weighted by Crippen LogP contribution is 2.39. The zero-order valence-corrected chi connectivity index (χ0v) is 16.6. The lowest BCUT2D eigenvalue weighted by Gasteiger charge is -2.40. The van der Waals surface area contributed by atoms with E-state index in [-0.39, 0.29) is 5.04 Å². The van der Waals surface area contributed by atoms with Crippen molar-refractivity contribution in [1.82, 2.24) is 0 Å². The van der Waals surface area contributed by atoms with Gasteiger partial charge in [-0.15, -0.1) is 0 Å². The van der Waals surface area contributed by atoms with Gasteiger partial charge in [0.25, 0.3) is 0 Å². The molecule has 0 aliphatic heterocycles. The van der Waals surface area contributed by atoms with Gasteiger partial charge in [-0.3, -0.25) is 5.14 Å². The van der Waals surface area contributed by atoms with Crippen LogP contribution in [0, 0.1) is 0 Å². The van der Waals surface area contributed by atoms with Gasteiger partial charge in [-0.25, -0.2) is 4.21 Å². The molecule has 1 fully saturated rings. The topological polar surface area (TPSA) is 52.3 Å². The predicted octanol–water partition coefficient (Wildman–Crippen LogP) is 4.28. The van der Waals surface area contributed by atoms with Crippen molar-refractivity contribution < 1.29 is 8.63 Å². The van der Waals surface area contributed by atoms with Crippen LogP contribution in [0.25, 0.3) is 0 Å². The molecule has 0 saturated heterocycles. The van der Waals surface area contributed by atoms with E-state index in [9.17, 15) is 4.21 Å². The number of nitrogens with two attached hydrogens (primary N) is 1. The van der Waals surface area contributed by atoms with Crippen LogP contribution >= 0.6 is 0 Å². The normalized spacial score (nSPS) is 23.0.